The molecular formula is C16H16N4O2. The number of fused-ring (bicyclic) bond motifs is 1. The number of nitrogens with zero attached hydrogens (tertiary/aromatic N) is 3. The average Bonchev–Trinajstić information content (AvgIpc) is 2.76. The second-order valence-corrected chi connectivity index (χ2v) is 5.08. The third-order valence-corrected chi connectivity index (χ3v) is 3.58. The van der Waals surface area contributed by atoms with Gasteiger partial charge in [0.05, 0.1) is 18.9 Å². The fourth-order valence-corrected chi connectivity index (χ4v) is 2.21. The highest BCUT2D eigenvalue weighted by molar-refractivity contribution is 5.66. The van der Waals surface area contributed by atoms with Crippen LogP contribution in [0.25, 0.3) is 0 Å². The van der Waals surface area contributed by atoms with Gasteiger partial charge in [-0.25, -0.2) is 0 Å². The number of benzene rings is 1. The number of hydrogen-bond acceptors (Lipinski definition) is 6. The smallest absolute Gasteiger partial charge is 0.171 e. The van der Waals surface area contributed by atoms with E-state index < -0.39 is 0 Å². The first kappa shape index (κ1) is 14.1. The minimum absolute atomic E-state index is 0.445. The molecular weight excluding hydrogens is 280 g/mol. The molecule has 112 valence electrons. The maximum Gasteiger partial charge on any atom is 0.171 e. The highest BCUT2D eigenvalue weighted by Crippen LogP contribution is 2.33. The Kier molecular flexibility index (Phi) is 3.79. The predicted octanol–water partition coefficient (Wildman–Crippen LogP) is 2.87. The fourth-order valence-electron chi connectivity index (χ4n) is 2.21. The predicted molar refractivity (Wildman–Crippen MR) is 81.6 cm³/mol. The van der Waals surface area contributed by atoms with Crippen molar-refractivity contribution in [3.05, 3.63) is 35.0 Å². The first-order chi connectivity index (χ1) is 10.7. The van der Waals surface area contributed by atoms with Crippen LogP contribution < -0.4 is 14.8 Å². The molecule has 0 radical (unpaired) electrons. The van der Waals surface area contributed by atoms with Crippen LogP contribution in [0.2, 0.25) is 0 Å². The number of nitriles is 1. The van der Waals surface area contributed by atoms with Crippen molar-refractivity contribution in [2.75, 3.05) is 18.5 Å². The van der Waals surface area contributed by atoms with Gasteiger partial charge >= 0.3 is 0 Å². The molecule has 1 aliphatic rings. The van der Waals surface area contributed by atoms with E-state index in [2.05, 4.69) is 21.6 Å². The van der Waals surface area contributed by atoms with Crippen LogP contribution >= 0.6 is 0 Å². The molecule has 6 nitrogen and oxygen atoms in total. The van der Waals surface area contributed by atoms with Crippen LogP contribution in [0.4, 0.5) is 11.5 Å². The van der Waals surface area contributed by atoms with Crippen LogP contribution in [0.3, 0.4) is 0 Å². The van der Waals surface area contributed by atoms with Crippen molar-refractivity contribution < 1.29 is 9.47 Å². The molecule has 6 heteroatoms. The van der Waals surface area contributed by atoms with Gasteiger partial charge in [-0.2, -0.15) is 10.4 Å². The third kappa shape index (κ3) is 2.66. The summed E-state index contributed by atoms with van der Waals surface area (Å²) in [5, 5.41) is 20.6. The molecule has 0 aliphatic carbocycles. The Labute approximate surface area is 128 Å². The quantitative estimate of drug-likeness (QED) is 0.918. The standard InChI is InChI=1S/C16H16N4O2/c1-10-11(2)19-20-16(13(10)9-17)18-12-4-5-14-15(8-12)22-7-3-6-21-14/h4-5,8H,3,6-7H2,1-2H3,(H,18,20). The molecule has 1 aromatic heterocycles. The summed E-state index contributed by atoms with van der Waals surface area (Å²) in [6.07, 6.45) is 0.860. The Balaban J connectivity index is 1.93. The second-order valence-electron chi connectivity index (χ2n) is 5.08. The van der Waals surface area contributed by atoms with E-state index in [-0.39, 0.29) is 0 Å². The van der Waals surface area contributed by atoms with E-state index in [0.717, 1.165) is 29.1 Å². The molecule has 0 saturated carbocycles. The minimum atomic E-state index is 0.445. The van der Waals surface area contributed by atoms with E-state index in [4.69, 9.17) is 9.47 Å². The fraction of sp³-hybridized carbons (Fsp3) is 0.312. The van der Waals surface area contributed by atoms with Crippen molar-refractivity contribution >= 4 is 11.5 Å². The Hall–Kier alpha value is -2.81. The summed E-state index contributed by atoms with van der Waals surface area (Å²) < 4.78 is 11.3. The number of nitrogens with one attached hydrogen (secondary N) is 1. The van der Waals surface area contributed by atoms with Crippen LogP contribution in [0.15, 0.2) is 18.2 Å². The van der Waals surface area contributed by atoms with Gasteiger partial charge in [0.25, 0.3) is 0 Å². The first-order valence-corrected chi connectivity index (χ1v) is 7.09. The van der Waals surface area contributed by atoms with E-state index in [1.807, 2.05) is 32.0 Å². The van der Waals surface area contributed by atoms with Gasteiger partial charge in [-0.3, -0.25) is 0 Å². The van der Waals surface area contributed by atoms with E-state index >= 15 is 0 Å². The van der Waals surface area contributed by atoms with Gasteiger partial charge in [-0.1, -0.05) is 0 Å². The number of rotatable bonds is 2. The van der Waals surface area contributed by atoms with Gasteiger partial charge < -0.3 is 14.8 Å². The zero-order valence-corrected chi connectivity index (χ0v) is 12.5. The molecule has 0 bridgehead atoms. The topological polar surface area (TPSA) is 80.1 Å². The van der Waals surface area contributed by atoms with Gasteiger partial charge in [0, 0.05) is 18.2 Å². The van der Waals surface area contributed by atoms with Crippen molar-refractivity contribution in [3.63, 3.8) is 0 Å². The largest absolute Gasteiger partial charge is 0.490 e. The molecule has 2 heterocycles. The monoisotopic (exact) mass is 296 g/mol. The summed E-state index contributed by atoms with van der Waals surface area (Å²) in [7, 11) is 0. The summed E-state index contributed by atoms with van der Waals surface area (Å²) in [6.45, 7) is 4.98. The number of anilines is 2. The van der Waals surface area contributed by atoms with Crippen LogP contribution in [0, 0.1) is 25.2 Å². The van der Waals surface area contributed by atoms with Crippen molar-refractivity contribution in [1.82, 2.24) is 10.2 Å². The third-order valence-electron chi connectivity index (χ3n) is 3.58. The molecule has 0 fully saturated rings. The summed E-state index contributed by atoms with van der Waals surface area (Å²) in [5.41, 5.74) is 2.85. The molecule has 1 N–H and O–H groups in total. The summed E-state index contributed by atoms with van der Waals surface area (Å²) in [5.74, 6) is 1.87. The molecule has 2 aromatic rings. The SMILES string of the molecule is Cc1nnc(Nc2ccc3c(c2)OCCCO3)c(C#N)c1C. The Morgan fingerprint density at radius 2 is 1.91 bits per heavy atom. The molecule has 0 spiro atoms. The molecule has 1 aliphatic heterocycles. The van der Waals surface area contributed by atoms with Crippen molar-refractivity contribution in [3.8, 4) is 17.6 Å². The lowest BCUT2D eigenvalue weighted by atomic mass is 10.1. The molecule has 0 amide bonds. The first-order valence-electron chi connectivity index (χ1n) is 7.09. The lowest BCUT2D eigenvalue weighted by Crippen LogP contribution is -2.04. The zero-order chi connectivity index (χ0) is 15.5. The molecule has 22 heavy (non-hydrogen) atoms. The van der Waals surface area contributed by atoms with Crippen LogP contribution in [0.1, 0.15) is 23.2 Å². The lowest BCUT2D eigenvalue weighted by molar-refractivity contribution is 0.297. The summed E-state index contributed by atoms with van der Waals surface area (Å²) in [6, 6.07) is 7.74. The highest BCUT2D eigenvalue weighted by atomic mass is 16.5. The normalized spacial score (nSPS) is 13.1. The number of aromatic nitrogens is 2. The Bertz CT molecular complexity index is 753. The molecule has 1 aromatic carbocycles. The van der Waals surface area contributed by atoms with Crippen LogP contribution in [-0.2, 0) is 0 Å². The maximum absolute atomic E-state index is 9.33. The number of aryl methyl sites for hydroxylation is 1. The van der Waals surface area contributed by atoms with Gasteiger partial charge in [-0.15, -0.1) is 5.10 Å². The van der Waals surface area contributed by atoms with E-state index in [1.165, 1.54) is 0 Å². The van der Waals surface area contributed by atoms with Gasteiger partial charge in [-0.05, 0) is 31.5 Å². The Morgan fingerprint density at radius 1 is 1.14 bits per heavy atom. The van der Waals surface area contributed by atoms with Crippen LogP contribution in [0.5, 0.6) is 11.5 Å². The van der Waals surface area contributed by atoms with E-state index in [0.29, 0.717) is 30.3 Å². The zero-order valence-electron chi connectivity index (χ0n) is 12.5. The van der Waals surface area contributed by atoms with Crippen LogP contribution in [-0.4, -0.2) is 23.4 Å². The highest BCUT2D eigenvalue weighted by Gasteiger charge is 2.14. The molecule has 3 rings (SSSR count). The van der Waals surface area contributed by atoms with E-state index in [9.17, 15) is 5.26 Å². The summed E-state index contributed by atoms with van der Waals surface area (Å²) in [4.78, 5) is 0. The second kappa shape index (κ2) is 5.90. The van der Waals surface area contributed by atoms with Gasteiger partial charge in [0.15, 0.2) is 17.3 Å². The molecule has 0 saturated heterocycles. The van der Waals surface area contributed by atoms with Gasteiger partial charge in [0.1, 0.15) is 11.6 Å². The van der Waals surface area contributed by atoms with Crippen molar-refractivity contribution in [1.29, 1.82) is 5.26 Å². The van der Waals surface area contributed by atoms with E-state index in [1.54, 1.807) is 0 Å². The Morgan fingerprint density at radius 3 is 2.68 bits per heavy atom. The van der Waals surface area contributed by atoms with Crippen molar-refractivity contribution in [2.24, 2.45) is 0 Å². The number of hydrogen-bond donors (Lipinski definition) is 1. The summed E-state index contributed by atoms with van der Waals surface area (Å²) >= 11 is 0. The number of ether oxygens (including phenoxy) is 2. The maximum atomic E-state index is 9.33. The lowest BCUT2D eigenvalue weighted by Gasteiger charge is -2.12. The molecule has 0 unspecified atom stereocenters. The molecule has 0 atom stereocenters. The average molecular weight is 296 g/mol. The van der Waals surface area contributed by atoms with Crippen molar-refractivity contribution in [2.45, 2.75) is 20.3 Å². The minimum Gasteiger partial charge on any atom is -0.490 e. The van der Waals surface area contributed by atoms with Gasteiger partial charge in [0.2, 0.25) is 0 Å².